The lowest BCUT2D eigenvalue weighted by atomic mass is 10.1. The third-order valence-corrected chi connectivity index (χ3v) is 7.04. The average molecular weight is 567 g/mol. The summed E-state index contributed by atoms with van der Waals surface area (Å²) in [5.41, 5.74) is 0.0280. The minimum Gasteiger partial charge on any atom is -0.350 e. The summed E-state index contributed by atoms with van der Waals surface area (Å²) in [5.74, 6) is -1.83. The van der Waals surface area contributed by atoms with Crippen molar-refractivity contribution in [3.8, 4) is 0 Å². The number of carbonyl (C=O) groups is 2. The molecule has 2 aromatic carbocycles. The third kappa shape index (κ3) is 8.24. The van der Waals surface area contributed by atoms with E-state index in [1.807, 2.05) is 0 Å². The summed E-state index contributed by atoms with van der Waals surface area (Å²) >= 11 is 17.9. The van der Waals surface area contributed by atoms with Gasteiger partial charge in [0, 0.05) is 12.1 Å². The van der Waals surface area contributed by atoms with Gasteiger partial charge in [0.1, 0.15) is 18.4 Å². The third-order valence-electron chi connectivity index (χ3n) is 4.87. The molecule has 2 aromatic rings. The van der Waals surface area contributed by atoms with Gasteiger partial charge in [-0.05, 0) is 63.6 Å². The van der Waals surface area contributed by atoms with E-state index in [0.29, 0.717) is 10.6 Å². The smallest absolute Gasteiger partial charge is 0.244 e. The first-order valence-corrected chi connectivity index (χ1v) is 13.5. The van der Waals surface area contributed by atoms with Gasteiger partial charge in [-0.2, -0.15) is 0 Å². The first-order valence-electron chi connectivity index (χ1n) is 10.5. The second-order valence-electron chi connectivity index (χ2n) is 9.05. The van der Waals surface area contributed by atoms with Gasteiger partial charge in [-0.1, -0.05) is 40.9 Å². The number of nitrogens with zero attached hydrogens (tertiary/aromatic N) is 2. The first kappa shape index (κ1) is 29.2. The van der Waals surface area contributed by atoms with Crippen LogP contribution in [0.15, 0.2) is 36.4 Å². The molecule has 0 saturated heterocycles. The highest BCUT2D eigenvalue weighted by atomic mass is 35.5. The molecule has 0 aliphatic heterocycles. The summed E-state index contributed by atoms with van der Waals surface area (Å²) in [4.78, 5) is 27.6. The number of hydrogen-bond donors (Lipinski definition) is 1. The monoisotopic (exact) mass is 565 g/mol. The van der Waals surface area contributed by atoms with Crippen molar-refractivity contribution in [1.82, 2.24) is 10.2 Å². The SMILES string of the molecule is CC(C(=O)NC(C)(C)C)N(Cc1ccc(Cl)c(Cl)c1)C(=O)CN(c1ccc(F)c(Cl)c1)S(C)(=O)=O. The van der Waals surface area contributed by atoms with Gasteiger partial charge in [-0.3, -0.25) is 13.9 Å². The van der Waals surface area contributed by atoms with Crippen molar-refractivity contribution in [2.45, 2.75) is 45.8 Å². The van der Waals surface area contributed by atoms with Gasteiger partial charge in [-0.15, -0.1) is 0 Å². The largest absolute Gasteiger partial charge is 0.350 e. The molecule has 1 unspecified atom stereocenters. The quantitative estimate of drug-likeness (QED) is 0.493. The van der Waals surface area contributed by atoms with Gasteiger partial charge in [0.2, 0.25) is 21.8 Å². The molecule has 7 nitrogen and oxygen atoms in total. The fraction of sp³-hybridized carbons (Fsp3) is 0.391. The van der Waals surface area contributed by atoms with E-state index in [-0.39, 0.29) is 22.3 Å². The Kier molecular flexibility index (Phi) is 9.44. The number of carbonyl (C=O) groups excluding carboxylic acids is 2. The highest BCUT2D eigenvalue weighted by Gasteiger charge is 2.31. The minimum atomic E-state index is -3.97. The Morgan fingerprint density at radius 2 is 1.66 bits per heavy atom. The Balaban J connectivity index is 2.45. The molecule has 1 N–H and O–H groups in total. The molecule has 0 aliphatic carbocycles. The standard InChI is InChI=1S/C23H27Cl3FN3O4S/c1-14(22(32)28-23(2,3)4)29(12-15-6-8-17(24)18(25)10-15)21(31)13-30(35(5,33)34)16-7-9-20(27)19(26)11-16/h6-11,14H,12-13H2,1-5H3,(H,28,32). The van der Waals surface area contributed by atoms with Crippen LogP contribution in [0.5, 0.6) is 0 Å². The Hall–Kier alpha value is -2.07. The van der Waals surface area contributed by atoms with Crippen molar-refractivity contribution in [3.05, 3.63) is 62.8 Å². The second kappa shape index (κ2) is 11.3. The summed E-state index contributed by atoms with van der Waals surface area (Å²) < 4.78 is 39.5. The Labute approximate surface area is 220 Å². The van der Waals surface area contributed by atoms with Crippen LogP contribution in [0.25, 0.3) is 0 Å². The average Bonchev–Trinajstić information content (AvgIpc) is 2.72. The van der Waals surface area contributed by atoms with Gasteiger partial charge in [0.15, 0.2) is 0 Å². The molecule has 1 atom stereocenters. The molecule has 2 amide bonds. The Bertz CT molecular complexity index is 1220. The molecule has 0 heterocycles. The first-order chi connectivity index (χ1) is 16.0. The van der Waals surface area contributed by atoms with Crippen LogP contribution < -0.4 is 9.62 Å². The van der Waals surface area contributed by atoms with Crippen LogP contribution in [0.4, 0.5) is 10.1 Å². The van der Waals surface area contributed by atoms with Crippen LogP contribution in [-0.4, -0.2) is 49.5 Å². The molecule has 0 bridgehead atoms. The number of benzene rings is 2. The van der Waals surface area contributed by atoms with Gasteiger partial charge in [0.05, 0.1) is 27.0 Å². The van der Waals surface area contributed by atoms with Crippen LogP contribution in [0.3, 0.4) is 0 Å². The van der Waals surface area contributed by atoms with E-state index in [9.17, 15) is 22.4 Å². The number of nitrogens with one attached hydrogen (secondary N) is 1. The molecule has 12 heteroatoms. The van der Waals surface area contributed by atoms with Crippen molar-refractivity contribution in [2.24, 2.45) is 0 Å². The summed E-state index contributed by atoms with van der Waals surface area (Å²) in [5, 5.41) is 3.11. The molecular formula is C23H27Cl3FN3O4S. The lowest BCUT2D eigenvalue weighted by Crippen LogP contribution is -2.54. The maximum absolute atomic E-state index is 13.6. The van der Waals surface area contributed by atoms with Crippen molar-refractivity contribution >= 4 is 62.3 Å². The van der Waals surface area contributed by atoms with E-state index in [4.69, 9.17) is 34.8 Å². The summed E-state index contributed by atoms with van der Waals surface area (Å²) in [6.45, 7) is 6.24. The Morgan fingerprint density at radius 3 is 2.17 bits per heavy atom. The summed E-state index contributed by atoms with van der Waals surface area (Å²) in [7, 11) is -3.97. The minimum absolute atomic E-state index is 0.00790. The Morgan fingerprint density at radius 1 is 1.03 bits per heavy atom. The van der Waals surface area contributed by atoms with Crippen LogP contribution in [0.2, 0.25) is 15.1 Å². The zero-order valence-corrected chi connectivity index (χ0v) is 23.0. The summed E-state index contributed by atoms with van der Waals surface area (Å²) in [6, 6.07) is 7.13. The number of rotatable bonds is 8. The van der Waals surface area contributed by atoms with Gasteiger partial charge in [0.25, 0.3) is 0 Å². The number of sulfonamides is 1. The van der Waals surface area contributed by atoms with E-state index < -0.39 is 45.8 Å². The van der Waals surface area contributed by atoms with E-state index in [1.165, 1.54) is 17.9 Å². The van der Waals surface area contributed by atoms with Crippen molar-refractivity contribution in [2.75, 3.05) is 17.1 Å². The highest BCUT2D eigenvalue weighted by Crippen LogP contribution is 2.26. The van der Waals surface area contributed by atoms with Crippen LogP contribution in [-0.2, 0) is 26.2 Å². The topological polar surface area (TPSA) is 86.8 Å². The second-order valence-corrected chi connectivity index (χ2v) is 12.2. The van der Waals surface area contributed by atoms with Crippen LogP contribution in [0.1, 0.15) is 33.3 Å². The maximum atomic E-state index is 13.6. The van der Waals surface area contributed by atoms with Gasteiger partial charge >= 0.3 is 0 Å². The predicted octanol–water partition coefficient (Wildman–Crippen LogP) is 4.88. The van der Waals surface area contributed by atoms with Crippen molar-refractivity contribution in [1.29, 1.82) is 0 Å². The van der Waals surface area contributed by atoms with E-state index in [1.54, 1.807) is 39.0 Å². The summed E-state index contributed by atoms with van der Waals surface area (Å²) in [6.07, 6.45) is 0.913. The van der Waals surface area contributed by atoms with E-state index in [2.05, 4.69) is 5.32 Å². The molecule has 2 rings (SSSR count). The molecule has 0 radical (unpaired) electrons. The van der Waals surface area contributed by atoms with Gasteiger partial charge in [-0.25, -0.2) is 12.8 Å². The van der Waals surface area contributed by atoms with Crippen LogP contribution >= 0.6 is 34.8 Å². The van der Waals surface area contributed by atoms with E-state index in [0.717, 1.165) is 22.7 Å². The molecule has 192 valence electrons. The molecule has 35 heavy (non-hydrogen) atoms. The van der Waals surface area contributed by atoms with Crippen molar-refractivity contribution in [3.63, 3.8) is 0 Å². The zero-order valence-electron chi connectivity index (χ0n) is 19.9. The molecular weight excluding hydrogens is 540 g/mol. The van der Waals surface area contributed by atoms with Crippen molar-refractivity contribution < 1.29 is 22.4 Å². The van der Waals surface area contributed by atoms with E-state index >= 15 is 0 Å². The molecule has 0 aliphatic rings. The normalized spacial score (nSPS) is 12.7. The maximum Gasteiger partial charge on any atom is 0.244 e. The lowest BCUT2D eigenvalue weighted by molar-refractivity contribution is -0.140. The molecule has 0 aromatic heterocycles. The molecule has 0 fully saturated rings. The number of hydrogen-bond acceptors (Lipinski definition) is 4. The predicted molar refractivity (Wildman–Crippen MR) is 138 cm³/mol. The number of amides is 2. The number of anilines is 1. The highest BCUT2D eigenvalue weighted by molar-refractivity contribution is 7.92. The number of halogens is 4. The zero-order chi connectivity index (χ0) is 26.7. The van der Waals surface area contributed by atoms with Gasteiger partial charge < -0.3 is 10.2 Å². The fourth-order valence-electron chi connectivity index (χ4n) is 3.15. The van der Waals surface area contributed by atoms with Crippen LogP contribution in [0, 0.1) is 5.82 Å². The molecule has 0 spiro atoms. The molecule has 0 saturated carbocycles. The fourth-order valence-corrected chi connectivity index (χ4v) is 4.48. The lowest BCUT2D eigenvalue weighted by Gasteiger charge is -2.33.